The third-order valence-electron chi connectivity index (χ3n) is 5.95. The van der Waals surface area contributed by atoms with Crippen molar-refractivity contribution in [2.75, 3.05) is 31.1 Å². The molecular formula is C23H25N5O. The quantitative estimate of drug-likeness (QED) is 0.587. The van der Waals surface area contributed by atoms with Crippen molar-refractivity contribution < 1.29 is 0 Å². The zero-order valence-corrected chi connectivity index (χ0v) is 16.9. The summed E-state index contributed by atoms with van der Waals surface area (Å²) in [6, 6.07) is 16.4. The highest BCUT2D eigenvalue weighted by molar-refractivity contribution is 5.80. The molecule has 3 heterocycles. The van der Waals surface area contributed by atoms with Crippen LogP contribution in [-0.2, 0) is 6.54 Å². The van der Waals surface area contributed by atoms with Crippen LogP contribution in [0.5, 0.6) is 0 Å². The van der Waals surface area contributed by atoms with Gasteiger partial charge in [-0.2, -0.15) is 5.10 Å². The van der Waals surface area contributed by atoms with Crippen molar-refractivity contribution in [3.63, 3.8) is 0 Å². The van der Waals surface area contributed by atoms with Crippen molar-refractivity contribution in [1.29, 1.82) is 0 Å². The van der Waals surface area contributed by atoms with E-state index < -0.39 is 0 Å². The summed E-state index contributed by atoms with van der Waals surface area (Å²) in [6.07, 6.45) is 0. The molecule has 1 aliphatic heterocycles. The third-order valence-corrected chi connectivity index (χ3v) is 5.95. The van der Waals surface area contributed by atoms with Crippen LogP contribution in [0.25, 0.3) is 16.6 Å². The number of para-hydroxylation sites is 1. The van der Waals surface area contributed by atoms with E-state index in [1.807, 2.05) is 35.7 Å². The minimum atomic E-state index is -0.0570. The predicted octanol–water partition coefficient (Wildman–Crippen LogP) is 3.11. The Morgan fingerprint density at radius 1 is 0.966 bits per heavy atom. The van der Waals surface area contributed by atoms with Crippen LogP contribution in [0, 0.1) is 13.8 Å². The van der Waals surface area contributed by atoms with Crippen LogP contribution < -0.4 is 10.5 Å². The van der Waals surface area contributed by atoms with Gasteiger partial charge in [-0.25, -0.2) is 4.52 Å². The first-order valence-corrected chi connectivity index (χ1v) is 10.1. The molecule has 1 N–H and O–H groups in total. The lowest BCUT2D eigenvalue weighted by molar-refractivity contribution is 0.250. The molecule has 4 aromatic rings. The molecule has 148 valence electrons. The fourth-order valence-corrected chi connectivity index (χ4v) is 4.22. The summed E-state index contributed by atoms with van der Waals surface area (Å²) in [5.41, 5.74) is 6.26. The van der Waals surface area contributed by atoms with E-state index in [-0.39, 0.29) is 5.56 Å². The fraction of sp³-hybridized carbons (Fsp3) is 0.304. The Bertz CT molecular complexity index is 1230. The monoisotopic (exact) mass is 387 g/mol. The first kappa shape index (κ1) is 17.9. The minimum absolute atomic E-state index is 0.0570. The zero-order valence-electron chi connectivity index (χ0n) is 16.9. The molecule has 2 aromatic heterocycles. The van der Waals surface area contributed by atoms with Crippen molar-refractivity contribution in [2.45, 2.75) is 20.4 Å². The highest BCUT2D eigenvalue weighted by Gasteiger charge is 2.21. The lowest BCUT2D eigenvalue weighted by atomic mass is 10.1. The van der Waals surface area contributed by atoms with Gasteiger partial charge in [-0.05, 0) is 38.1 Å². The first-order chi connectivity index (χ1) is 14.1. The number of aromatic amines is 1. The number of piperazine rings is 1. The third kappa shape index (κ3) is 3.19. The second kappa shape index (κ2) is 7.04. The van der Waals surface area contributed by atoms with E-state index in [4.69, 9.17) is 5.10 Å². The summed E-state index contributed by atoms with van der Waals surface area (Å²) < 4.78 is 1.88. The van der Waals surface area contributed by atoms with Crippen molar-refractivity contribution in [3.05, 3.63) is 75.7 Å². The van der Waals surface area contributed by atoms with E-state index in [0.717, 1.165) is 55.1 Å². The molecule has 1 saturated heterocycles. The number of H-pyrrole nitrogens is 1. The molecule has 1 aliphatic rings. The SMILES string of the molecule is Cc1ccc(N2CCN(Cc3c(C)nn4c3[nH]c(=O)c3ccccc34)CC2)cc1. The molecule has 0 unspecified atom stereocenters. The van der Waals surface area contributed by atoms with Crippen LogP contribution in [0.3, 0.4) is 0 Å². The molecule has 6 nitrogen and oxygen atoms in total. The van der Waals surface area contributed by atoms with Crippen LogP contribution in [0.15, 0.2) is 53.3 Å². The predicted molar refractivity (Wildman–Crippen MR) is 117 cm³/mol. The average Bonchev–Trinajstić information content (AvgIpc) is 3.05. The second-order valence-electron chi connectivity index (χ2n) is 7.89. The number of aryl methyl sites for hydroxylation is 2. The Morgan fingerprint density at radius 3 is 2.45 bits per heavy atom. The summed E-state index contributed by atoms with van der Waals surface area (Å²) >= 11 is 0. The largest absolute Gasteiger partial charge is 0.369 e. The highest BCUT2D eigenvalue weighted by Crippen LogP contribution is 2.21. The number of rotatable bonds is 3. The topological polar surface area (TPSA) is 56.6 Å². The minimum Gasteiger partial charge on any atom is -0.369 e. The smallest absolute Gasteiger partial charge is 0.259 e. The van der Waals surface area contributed by atoms with Gasteiger partial charge in [0.1, 0.15) is 5.65 Å². The van der Waals surface area contributed by atoms with Gasteiger partial charge in [-0.3, -0.25) is 9.69 Å². The molecule has 29 heavy (non-hydrogen) atoms. The van der Waals surface area contributed by atoms with Crippen LogP contribution in [-0.4, -0.2) is 45.7 Å². The number of anilines is 1. The number of nitrogens with one attached hydrogen (secondary N) is 1. The molecule has 0 radical (unpaired) electrons. The summed E-state index contributed by atoms with van der Waals surface area (Å²) in [4.78, 5) is 20.5. The van der Waals surface area contributed by atoms with E-state index >= 15 is 0 Å². The number of nitrogens with zero attached hydrogens (tertiary/aromatic N) is 4. The van der Waals surface area contributed by atoms with Gasteiger partial charge in [0, 0.05) is 44.0 Å². The summed E-state index contributed by atoms with van der Waals surface area (Å²) in [6.45, 7) is 8.92. The van der Waals surface area contributed by atoms with Crippen LogP contribution in [0.4, 0.5) is 5.69 Å². The first-order valence-electron chi connectivity index (χ1n) is 10.1. The molecule has 0 aliphatic carbocycles. The number of benzene rings is 2. The molecule has 0 atom stereocenters. The van der Waals surface area contributed by atoms with Gasteiger partial charge in [-0.1, -0.05) is 29.8 Å². The fourth-order valence-electron chi connectivity index (χ4n) is 4.22. The molecule has 0 bridgehead atoms. The molecule has 5 rings (SSSR count). The second-order valence-corrected chi connectivity index (χ2v) is 7.89. The van der Waals surface area contributed by atoms with Crippen molar-refractivity contribution in [1.82, 2.24) is 19.5 Å². The van der Waals surface area contributed by atoms with Gasteiger partial charge >= 0.3 is 0 Å². The molecule has 1 fully saturated rings. The van der Waals surface area contributed by atoms with Crippen molar-refractivity contribution >= 4 is 22.2 Å². The van der Waals surface area contributed by atoms with Crippen molar-refractivity contribution in [2.24, 2.45) is 0 Å². The number of hydrogen-bond donors (Lipinski definition) is 1. The van der Waals surface area contributed by atoms with Gasteiger partial charge < -0.3 is 9.88 Å². The number of hydrogen-bond acceptors (Lipinski definition) is 4. The normalized spacial score (nSPS) is 15.4. The van der Waals surface area contributed by atoms with Crippen molar-refractivity contribution in [3.8, 4) is 0 Å². The van der Waals surface area contributed by atoms with Gasteiger partial charge in [0.2, 0.25) is 0 Å². The van der Waals surface area contributed by atoms with Gasteiger partial charge in [0.15, 0.2) is 0 Å². The van der Waals surface area contributed by atoms with Crippen LogP contribution >= 0.6 is 0 Å². The van der Waals surface area contributed by atoms with E-state index in [1.165, 1.54) is 11.3 Å². The molecule has 6 heteroatoms. The van der Waals surface area contributed by atoms with Gasteiger partial charge in [0.05, 0.1) is 16.6 Å². The lowest BCUT2D eigenvalue weighted by Crippen LogP contribution is -2.46. The van der Waals surface area contributed by atoms with Crippen LogP contribution in [0.2, 0.25) is 0 Å². The lowest BCUT2D eigenvalue weighted by Gasteiger charge is -2.36. The van der Waals surface area contributed by atoms with E-state index in [0.29, 0.717) is 5.39 Å². The Kier molecular flexibility index (Phi) is 4.36. The molecular weight excluding hydrogens is 362 g/mol. The summed E-state index contributed by atoms with van der Waals surface area (Å²) in [5, 5.41) is 5.40. The number of aromatic nitrogens is 3. The van der Waals surface area contributed by atoms with E-state index in [1.54, 1.807) is 0 Å². The standard InChI is InChI=1S/C23H25N5O/c1-16-7-9-18(10-8-16)27-13-11-26(12-14-27)15-20-17(2)25-28-21-6-4-3-5-19(21)23(29)24-22(20)28/h3-10H,11-15H2,1-2H3,(H,24,29). The highest BCUT2D eigenvalue weighted by atomic mass is 16.1. The average molecular weight is 387 g/mol. The van der Waals surface area contributed by atoms with Gasteiger partial charge in [0.25, 0.3) is 5.56 Å². The zero-order chi connectivity index (χ0) is 20.0. The van der Waals surface area contributed by atoms with Crippen LogP contribution in [0.1, 0.15) is 16.8 Å². The summed E-state index contributed by atoms with van der Waals surface area (Å²) in [7, 11) is 0. The number of fused-ring (bicyclic) bond motifs is 3. The Morgan fingerprint density at radius 2 is 1.69 bits per heavy atom. The molecule has 0 amide bonds. The maximum absolute atomic E-state index is 12.6. The Labute approximate surface area is 169 Å². The van der Waals surface area contributed by atoms with E-state index in [9.17, 15) is 4.79 Å². The summed E-state index contributed by atoms with van der Waals surface area (Å²) in [5.74, 6) is 0. The Balaban J connectivity index is 1.39. The van der Waals surface area contributed by atoms with Gasteiger partial charge in [-0.15, -0.1) is 0 Å². The molecule has 0 spiro atoms. The maximum Gasteiger partial charge on any atom is 0.259 e. The molecule has 0 saturated carbocycles. The maximum atomic E-state index is 12.6. The van der Waals surface area contributed by atoms with E-state index in [2.05, 4.69) is 46.0 Å². The molecule has 2 aromatic carbocycles. The Hall–Kier alpha value is -3.12.